The Morgan fingerprint density at radius 2 is 2.12 bits per heavy atom. The maximum absolute atomic E-state index is 11.8. The molecule has 0 bridgehead atoms. The van der Waals surface area contributed by atoms with Gasteiger partial charge in [0, 0.05) is 19.5 Å². The molecule has 1 aliphatic heterocycles. The first-order valence-corrected chi connectivity index (χ1v) is 5.87. The van der Waals surface area contributed by atoms with E-state index in [0.29, 0.717) is 6.54 Å². The summed E-state index contributed by atoms with van der Waals surface area (Å²) in [5.41, 5.74) is 0.187. The molecule has 17 heavy (non-hydrogen) atoms. The molecule has 6 nitrogen and oxygen atoms in total. The Hall–Kier alpha value is -1.30. The van der Waals surface area contributed by atoms with E-state index < -0.39 is 18.1 Å². The maximum atomic E-state index is 11.8. The second-order valence-corrected chi connectivity index (χ2v) is 5.37. The van der Waals surface area contributed by atoms with Crippen LogP contribution in [0, 0.1) is 5.41 Å². The van der Waals surface area contributed by atoms with E-state index in [1.807, 2.05) is 0 Å². The monoisotopic (exact) mass is 242 g/mol. The molecule has 96 valence electrons. The van der Waals surface area contributed by atoms with Gasteiger partial charge < -0.3 is 20.4 Å². The molecule has 3 N–H and O–H groups in total. The van der Waals surface area contributed by atoms with Gasteiger partial charge in [0.25, 0.3) is 0 Å². The van der Waals surface area contributed by atoms with Gasteiger partial charge in [-0.05, 0) is 18.3 Å². The lowest BCUT2D eigenvalue weighted by atomic mass is 10.1. The number of β-amino-alcohol motifs (C(OH)–C–C–N with tert-alkyl or cyclic N) is 1. The van der Waals surface area contributed by atoms with Crippen molar-refractivity contribution >= 4 is 12.0 Å². The van der Waals surface area contributed by atoms with Gasteiger partial charge in [0.1, 0.15) is 6.04 Å². The van der Waals surface area contributed by atoms with Gasteiger partial charge in [-0.15, -0.1) is 0 Å². The van der Waals surface area contributed by atoms with Crippen LogP contribution >= 0.6 is 0 Å². The van der Waals surface area contributed by atoms with E-state index in [4.69, 9.17) is 5.11 Å². The van der Waals surface area contributed by atoms with Crippen LogP contribution in [0.1, 0.15) is 26.2 Å². The molecule has 2 unspecified atom stereocenters. The fourth-order valence-electron chi connectivity index (χ4n) is 2.05. The zero-order valence-electron chi connectivity index (χ0n) is 9.85. The third-order valence-corrected chi connectivity index (χ3v) is 3.59. The van der Waals surface area contributed by atoms with Gasteiger partial charge in [-0.2, -0.15) is 0 Å². The highest BCUT2D eigenvalue weighted by molar-refractivity contribution is 5.83. The molecule has 0 spiro atoms. The molecule has 1 aliphatic carbocycles. The standard InChI is InChI=1S/C11H18N2O4/c1-11(2-3-11)6-12-10(17)13-5-7(14)4-8(13)9(15)16/h7-8,14H,2-6H2,1H3,(H,12,17)(H,15,16). The first-order chi connectivity index (χ1) is 7.91. The third-order valence-electron chi connectivity index (χ3n) is 3.59. The minimum Gasteiger partial charge on any atom is -0.480 e. The molecular formula is C11H18N2O4. The van der Waals surface area contributed by atoms with Crippen LogP contribution in [-0.4, -0.2) is 52.3 Å². The van der Waals surface area contributed by atoms with Crippen molar-refractivity contribution in [2.45, 2.75) is 38.3 Å². The molecule has 0 aromatic rings. The van der Waals surface area contributed by atoms with Gasteiger partial charge in [-0.3, -0.25) is 0 Å². The summed E-state index contributed by atoms with van der Waals surface area (Å²) in [4.78, 5) is 24.0. The Morgan fingerprint density at radius 3 is 2.65 bits per heavy atom. The maximum Gasteiger partial charge on any atom is 0.326 e. The highest BCUT2D eigenvalue weighted by Crippen LogP contribution is 2.44. The molecule has 0 radical (unpaired) electrons. The molecule has 2 rings (SSSR count). The summed E-state index contributed by atoms with van der Waals surface area (Å²) in [6, 6.07) is -1.29. The number of nitrogens with zero attached hydrogens (tertiary/aromatic N) is 1. The number of carbonyl (C=O) groups is 2. The third kappa shape index (κ3) is 2.69. The number of nitrogens with one attached hydrogen (secondary N) is 1. The molecule has 0 aromatic carbocycles. The van der Waals surface area contributed by atoms with Crippen molar-refractivity contribution in [3.63, 3.8) is 0 Å². The van der Waals surface area contributed by atoms with Crippen LogP contribution in [0.2, 0.25) is 0 Å². The first kappa shape index (κ1) is 12.2. The Balaban J connectivity index is 1.90. The van der Waals surface area contributed by atoms with E-state index in [1.165, 1.54) is 4.90 Å². The summed E-state index contributed by atoms with van der Waals surface area (Å²) in [6.07, 6.45) is 1.56. The molecule has 0 aromatic heterocycles. The second-order valence-electron chi connectivity index (χ2n) is 5.37. The number of aliphatic hydroxyl groups excluding tert-OH is 1. The number of aliphatic hydroxyl groups is 1. The van der Waals surface area contributed by atoms with Gasteiger partial charge in [-0.25, -0.2) is 9.59 Å². The van der Waals surface area contributed by atoms with Gasteiger partial charge in [0.2, 0.25) is 0 Å². The van der Waals surface area contributed by atoms with Crippen molar-refractivity contribution in [2.24, 2.45) is 5.41 Å². The number of aliphatic carboxylic acids is 1. The van der Waals surface area contributed by atoms with Crippen LogP contribution in [0.15, 0.2) is 0 Å². The topological polar surface area (TPSA) is 89.9 Å². The fraction of sp³-hybridized carbons (Fsp3) is 0.818. The number of hydrogen-bond acceptors (Lipinski definition) is 3. The Labute approximate surface area is 99.6 Å². The molecule has 1 heterocycles. The minimum atomic E-state index is -1.06. The van der Waals surface area contributed by atoms with E-state index in [0.717, 1.165) is 12.8 Å². The highest BCUT2D eigenvalue weighted by Gasteiger charge is 2.41. The zero-order valence-corrected chi connectivity index (χ0v) is 9.85. The van der Waals surface area contributed by atoms with Gasteiger partial charge >= 0.3 is 12.0 Å². The summed E-state index contributed by atoms with van der Waals surface area (Å²) in [5, 5.41) is 21.1. The Bertz CT molecular complexity index is 340. The average Bonchev–Trinajstić information content (AvgIpc) is 2.85. The van der Waals surface area contributed by atoms with Crippen LogP contribution in [-0.2, 0) is 4.79 Å². The molecule has 2 fully saturated rings. The van der Waals surface area contributed by atoms with Gasteiger partial charge in [0.15, 0.2) is 0 Å². The van der Waals surface area contributed by atoms with E-state index >= 15 is 0 Å². The number of likely N-dealkylation sites (tertiary alicyclic amines) is 1. The molecule has 2 atom stereocenters. The Morgan fingerprint density at radius 1 is 1.47 bits per heavy atom. The van der Waals surface area contributed by atoms with Crippen molar-refractivity contribution in [2.75, 3.05) is 13.1 Å². The summed E-state index contributed by atoms with van der Waals surface area (Å²) >= 11 is 0. The Kier molecular flexibility index (Phi) is 2.99. The van der Waals surface area contributed by atoms with Crippen molar-refractivity contribution in [3.8, 4) is 0 Å². The summed E-state index contributed by atoms with van der Waals surface area (Å²) < 4.78 is 0. The van der Waals surface area contributed by atoms with Crippen molar-refractivity contribution in [1.82, 2.24) is 10.2 Å². The molecular weight excluding hydrogens is 224 g/mol. The van der Waals surface area contributed by atoms with Crippen LogP contribution in [0.4, 0.5) is 4.79 Å². The van der Waals surface area contributed by atoms with Crippen LogP contribution in [0.3, 0.4) is 0 Å². The number of amides is 2. The number of carbonyl (C=O) groups excluding carboxylic acids is 1. The predicted octanol–water partition coefficient (Wildman–Crippen LogP) is 0.0159. The predicted molar refractivity (Wildman–Crippen MR) is 59.5 cm³/mol. The highest BCUT2D eigenvalue weighted by atomic mass is 16.4. The number of rotatable bonds is 3. The molecule has 1 saturated carbocycles. The van der Waals surface area contributed by atoms with E-state index in [1.54, 1.807) is 0 Å². The smallest absolute Gasteiger partial charge is 0.326 e. The number of urea groups is 1. The normalized spacial score (nSPS) is 30.1. The van der Waals surface area contributed by atoms with Gasteiger partial charge in [-0.1, -0.05) is 6.92 Å². The summed E-state index contributed by atoms with van der Waals surface area (Å²) in [7, 11) is 0. The van der Waals surface area contributed by atoms with Crippen LogP contribution in [0.25, 0.3) is 0 Å². The second kappa shape index (κ2) is 4.18. The lowest BCUT2D eigenvalue weighted by Crippen LogP contribution is -2.47. The largest absolute Gasteiger partial charge is 0.480 e. The number of carboxylic acids is 1. The quantitative estimate of drug-likeness (QED) is 0.650. The SMILES string of the molecule is CC1(CNC(=O)N2CC(O)CC2C(=O)O)CC1. The summed E-state index contributed by atoms with van der Waals surface area (Å²) in [5.74, 6) is -1.06. The average molecular weight is 242 g/mol. The lowest BCUT2D eigenvalue weighted by Gasteiger charge is -2.22. The van der Waals surface area contributed by atoms with Gasteiger partial charge in [0.05, 0.1) is 6.10 Å². The first-order valence-electron chi connectivity index (χ1n) is 5.87. The lowest BCUT2D eigenvalue weighted by molar-refractivity contribution is -0.141. The van der Waals surface area contributed by atoms with Crippen LogP contribution in [0.5, 0.6) is 0 Å². The van der Waals surface area contributed by atoms with E-state index in [2.05, 4.69) is 12.2 Å². The van der Waals surface area contributed by atoms with Crippen LogP contribution < -0.4 is 5.32 Å². The molecule has 2 amide bonds. The molecule has 2 aliphatic rings. The molecule has 1 saturated heterocycles. The number of hydrogen-bond donors (Lipinski definition) is 3. The van der Waals surface area contributed by atoms with Crippen molar-refractivity contribution < 1.29 is 19.8 Å². The summed E-state index contributed by atoms with van der Waals surface area (Å²) in [6.45, 7) is 2.76. The van der Waals surface area contributed by atoms with Crippen molar-refractivity contribution in [3.05, 3.63) is 0 Å². The zero-order chi connectivity index (χ0) is 12.6. The van der Waals surface area contributed by atoms with Crippen molar-refractivity contribution in [1.29, 1.82) is 0 Å². The minimum absolute atomic E-state index is 0.0967. The fourth-order valence-corrected chi connectivity index (χ4v) is 2.05. The number of carboxylic acid groups (broad SMARTS) is 1. The van der Waals surface area contributed by atoms with E-state index in [-0.39, 0.29) is 24.4 Å². The molecule has 6 heteroatoms. The van der Waals surface area contributed by atoms with E-state index in [9.17, 15) is 14.7 Å².